The topological polar surface area (TPSA) is 97.0 Å². The van der Waals surface area contributed by atoms with Crippen LogP contribution in [0.25, 0.3) is 10.9 Å². The number of para-hydroxylation sites is 1. The number of H-pyrrole nitrogens is 1. The van der Waals surface area contributed by atoms with Crippen LogP contribution in [0.15, 0.2) is 59.5 Å². The Kier molecular flexibility index (Phi) is 5.92. The van der Waals surface area contributed by atoms with Crippen molar-refractivity contribution in [1.82, 2.24) is 15.0 Å². The van der Waals surface area contributed by atoms with Gasteiger partial charge in [-0.2, -0.15) is 0 Å². The van der Waals surface area contributed by atoms with Gasteiger partial charge in [0.2, 0.25) is 0 Å². The number of nitrogens with one attached hydrogen (secondary N) is 2. The lowest BCUT2D eigenvalue weighted by Gasteiger charge is -2.05. The van der Waals surface area contributed by atoms with Gasteiger partial charge in [0.05, 0.1) is 10.9 Å². The average molecular weight is 424 g/mol. The number of carbonyl (C=O) groups excluding carboxylic acids is 1. The Morgan fingerprint density at radius 2 is 1.97 bits per heavy atom. The molecule has 0 aliphatic carbocycles. The fourth-order valence-corrected chi connectivity index (χ4v) is 3.71. The van der Waals surface area contributed by atoms with Crippen LogP contribution in [0.4, 0.5) is 9.52 Å². The van der Waals surface area contributed by atoms with Gasteiger partial charge in [-0.1, -0.05) is 24.3 Å². The van der Waals surface area contributed by atoms with Crippen molar-refractivity contribution in [2.24, 2.45) is 0 Å². The van der Waals surface area contributed by atoms with E-state index in [4.69, 9.17) is 4.74 Å². The van der Waals surface area contributed by atoms with Crippen LogP contribution in [-0.4, -0.2) is 27.5 Å². The van der Waals surface area contributed by atoms with E-state index in [0.717, 1.165) is 10.4 Å². The monoisotopic (exact) mass is 424 g/mol. The molecule has 0 atom stereocenters. The second-order valence-corrected chi connectivity index (χ2v) is 7.62. The molecule has 2 N–H and O–H groups in total. The summed E-state index contributed by atoms with van der Waals surface area (Å²) in [5.41, 5.74) is 1.28. The fourth-order valence-electron chi connectivity index (χ4n) is 2.85. The first-order valence-electron chi connectivity index (χ1n) is 9.11. The highest BCUT2D eigenvalue weighted by atomic mass is 32.1. The minimum absolute atomic E-state index is 0.00117. The lowest BCUT2D eigenvalue weighted by atomic mass is 10.1. The van der Waals surface area contributed by atoms with Gasteiger partial charge >= 0.3 is 0 Å². The number of nitrogens with zero attached hydrogens (tertiary/aromatic N) is 2. The number of hydrogen-bond acceptors (Lipinski definition) is 6. The number of amides is 1. The third kappa shape index (κ3) is 4.94. The Morgan fingerprint density at radius 3 is 2.80 bits per heavy atom. The summed E-state index contributed by atoms with van der Waals surface area (Å²) >= 11 is 1.34. The predicted molar refractivity (Wildman–Crippen MR) is 112 cm³/mol. The van der Waals surface area contributed by atoms with Crippen LogP contribution in [0.1, 0.15) is 16.3 Å². The van der Waals surface area contributed by atoms with Crippen LogP contribution in [0.2, 0.25) is 0 Å². The third-order valence-electron chi connectivity index (χ3n) is 4.23. The second kappa shape index (κ2) is 8.93. The Hall–Kier alpha value is -3.43. The minimum Gasteiger partial charge on any atom is -0.364 e. The molecule has 0 unspecified atom stereocenters. The van der Waals surface area contributed by atoms with Crippen molar-refractivity contribution in [3.05, 3.63) is 87.2 Å². The zero-order chi connectivity index (χ0) is 20.9. The van der Waals surface area contributed by atoms with E-state index < -0.39 is 0 Å². The highest BCUT2D eigenvalue weighted by Crippen LogP contribution is 2.21. The third-order valence-corrected chi connectivity index (χ3v) is 5.14. The molecule has 0 radical (unpaired) electrons. The lowest BCUT2D eigenvalue weighted by molar-refractivity contribution is -0.121. The van der Waals surface area contributed by atoms with Crippen LogP contribution < -0.4 is 10.9 Å². The first-order chi connectivity index (χ1) is 14.6. The number of halogens is 1. The molecule has 7 nitrogen and oxygen atoms in total. The van der Waals surface area contributed by atoms with Crippen molar-refractivity contribution in [3.8, 4) is 0 Å². The smallest absolute Gasteiger partial charge is 0.258 e. The number of ether oxygens (including phenoxy) is 1. The van der Waals surface area contributed by atoms with E-state index in [2.05, 4.69) is 20.3 Å². The van der Waals surface area contributed by atoms with Gasteiger partial charge in [0.15, 0.2) is 5.13 Å². The molecule has 152 valence electrons. The number of rotatable bonds is 7. The summed E-state index contributed by atoms with van der Waals surface area (Å²) in [5.74, 6) is -0.290. The zero-order valence-corrected chi connectivity index (χ0v) is 16.5. The Bertz CT molecular complexity index is 1240. The van der Waals surface area contributed by atoms with Crippen molar-refractivity contribution in [1.29, 1.82) is 0 Å². The number of fused-ring (bicyclic) bond motifs is 1. The van der Waals surface area contributed by atoms with Gasteiger partial charge in [-0.3, -0.25) is 14.9 Å². The molecule has 0 fully saturated rings. The summed E-state index contributed by atoms with van der Waals surface area (Å²) in [5, 5.41) is 3.63. The first-order valence-corrected chi connectivity index (χ1v) is 9.93. The van der Waals surface area contributed by atoms with E-state index in [0.29, 0.717) is 28.3 Å². The number of aromatic amines is 1. The van der Waals surface area contributed by atoms with Crippen molar-refractivity contribution in [2.75, 3.05) is 11.9 Å². The van der Waals surface area contributed by atoms with Gasteiger partial charge < -0.3 is 9.72 Å². The van der Waals surface area contributed by atoms with E-state index in [1.807, 2.05) is 0 Å². The predicted octanol–water partition coefficient (Wildman–Crippen LogP) is 3.26. The maximum atomic E-state index is 13.0. The van der Waals surface area contributed by atoms with Crippen LogP contribution >= 0.6 is 11.3 Å². The van der Waals surface area contributed by atoms with Crippen molar-refractivity contribution in [3.63, 3.8) is 0 Å². The van der Waals surface area contributed by atoms with Crippen molar-refractivity contribution in [2.45, 2.75) is 13.0 Å². The first kappa shape index (κ1) is 19.9. The van der Waals surface area contributed by atoms with Gasteiger partial charge in [0, 0.05) is 17.5 Å². The molecule has 0 saturated heterocycles. The summed E-state index contributed by atoms with van der Waals surface area (Å²) in [6.07, 6.45) is 2.28. The van der Waals surface area contributed by atoms with Crippen LogP contribution in [0, 0.1) is 5.82 Å². The average Bonchev–Trinajstić information content (AvgIpc) is 3.16. The molecular weight excluding hydrogens is 407 g/mol. The summed E-state index contributed by atoms with van der Waals surface area (Å²) < 4.78 is 18.3. The van der Waals surface area contributed by atoms with E-state index >= 15 is 0 Å². The van der Waals surface area contributed by atoms with E-state index in [-0.39, 0.29) is 30.5 Å². The molecule has 2 aromatic heterocycles. The summed E-state index contributed by atoms with van der Waals surface area (Å²) in [6.45, 7) is -0.204. The molecule has 30 heavy (non-hydrogen) atoms. The molecule has 2 heterocycles. The number of hydrogen-bond donors (Lipinski definition) is 2. The fraction of sp³-hybridized carbons (Fsp3) is 0.143. The van der Waals surface area contributed by atoms with Gasteiger partial charge in [-0.15, -0.1) is 11.3 Å². The number of aromatic nitrogens is 3. The summed E-state index contributed by atoms with van der Waals surface area (Å²) in [4.78, 5) is 36.2. The molecule has 4 rings (SSSR count). The standard InChI is InChI=1S/C21H17FN4O3S/c22-14-7-5-13(6-8-14)9-15-10-23-21(30-15)26-19(27)12-29-11-18-24-17-4-2-1-3-16(17)20(28)25-18/h1-8,10H,9,11-12H2,(H,23,26,27)(H,24,25,28). The number of carbonyl (C=O) groups is 1. The van der Waals surface area contributed by atoms with Crippen LogP contribution in [0.5, 0.6) is 0 Å². The summed E-state index contributed by atoms with van der Waals surface area (Å²) in [7, 11) is 0. The Balaban J connectivity index is 1.28. The Labute approximate surface area is 174 Å². The molecular formula is C21H17FN4O3S. The second-order valence-electron chi connectivity index (χ2n) is 6.51. The Morgan fingerprint density at radius 1 is 1.17 bits per heavy atom. The highest BCUT2D eigenvalue weighted by molar-refractivity contribution is 7.15. The molecule has 0 saturated carbocycles. The number of anilines is 1. The van der Waals surface area contributed by atoms with Crippen LogP contribution in [0.3, 0.4) is 0 Å². The van der Waals surface area contributed by atoms with Gasteiger partial charge in [0.1, 0.15) is 24.9 Å². The van der Waals surface area contributed by atoms with E-state index in [1.54, 1.807) is 42.6 Å². The molecule has 2 aromatic carbocycles. The normalized spacial score (nSPS) is 11.0. The molecule has 1 amide bonds. The maximum Gasteiger partial charge on any atom is 0.258 e. The molecule has 0 aliphatic rings. The largest absolute Gasteiger partial charge is 0.364 e. The summed E-state index contributed by atoms with van der Waals surface area (Å²) in [6, 6.07) is 13.2. The van der Waals surface area contributed by atoms with Gasteiger partial charge in [-0.25, -0.2) is 14.4 Å². The van der Waals surface area contributed by atoms with E-state index in [9.17, 15) is 14.0 Å². The molecule has 4 aromatic rings. The maximum absolute atomic E-state index is 13.0. The highest BCUT2D eigenvalue weighted by Gasteiger charge is 2.09. The lowest BCUT2D eigenvalue weighted by Crippen LogP contribution is -2.19. The van der Waals surface area contributed by atoms with Crippen molar-refractivity contribution < 1.29 is 13.9 Å². The molecule has 0 bridgehead atoms. The van der Waals surface area contributed by atoms with Gasteiger partial charge in [-0.05, 0) is 29.8 Å². The number of benzene rings is 2. The molecule has 0 spiro atoms. The molecule has 0 aliphatic heterocycles. The molecule has 9 heteroatoms. The van der Waals surface area contributed by atoms with Gasteiger partial charge in [0.25, 0.3) is 11.5 Å². The quantitative estimate of drug-likeness (QED) is 0.475. The SMILES string of the molecule is O=C(COCc1nc2ccccc2c(=O)[nH]1)Nc1ncc(Cc2ccc(F)cc2)s1. The minimum atomic E-state index is -0.360. The van der Waals surface area contributed by atoms with Crippen LogP contribution in [-0.2, 0) is 22.6 Å². The van der Waals surface area contributed by atoms with E-state index in [1.165, 1.54) is 23.5 Å². The van der Waals surface area contributed by atoms with Crippen molar-refractivity contribution >= 4 is 33.3 Å². The zero-order valence-electron chi connectivity index (χ0n) is 15.7. The number of thiazole rings is 1.